The quantitative estimate of drug-likeness (QED) is 0.820. The van der Waals surface area contributed by atoms with Gasteiger partial charge in [0, 0.05) is 0 Å². The molecule has 116 valence electrons. The second-order valence-electron chi connectivity index (χ2n) is 5.41. The molecule has 0 saturated carbocycles. The zero-order chi connectivity index (χ0) is 15.9. The van der Waals surface area contributed by atoms with E-state index in [1.807, 2.05) is 18.2 Å². The molecule has 0 spiro atoms. The molecule has 1 aromatic carbocycles. The van der Waals surface area contributed by atoms with Gasteiger partial charge >= 0.3 is 6.09 Å². The van der Waals surface area contributed by atoms with Gasteiger partial charge in [0.05, 0.1) is 6.54 Å². The van der Waals surface area contributed by atoms with Crippen molar-refractivity contribution in [2.75, 3.05) is 13.2 Å². The topological polar surface area (TPSA) is 64.6 Å². The van der Waals surface area contributed by atoms with Gasteiger partial charge < -0.3 is 14.8 Å². The number of para-hydroxylation sites is 1. The molecule has 0 aliphatic rings. The Labute approximate surface area is 129 Å². The number of hydrogen-bond acceptors (Lipinski definition) is 4. The largest absolute Gasteiger partial charge is 0.492 e. The third-order valence-corrected chi connectivity index (χ3v) is 2.66. The molecular formula is C15H20ClNO4. The van der Waals surface area contributed by atoms with Crippen LogP contribution in [0, 0.1) is 0 Å². The third-order valence-electron chi connectivity index (χ3n) is 2.29. The number of carbonyl (C=O) groups is 2. The number of rotatable bonds is 6. The van der Waals surface area contributed by atoms with Crippen molar-refractivity contribution < 1.29 is 19.1 Å². The van der Waals surface area contributed by atoms with E-state index in [0.29, 0.717) is 5.75 Å². The fourth-order valence-corrected chi connectivity index (χ4v) is 1.50. The van der Waals surface area contributed by atoms with Gasteiger partial charge in [0.2, 0.25) is 0 Å². The van der Waals surface area contributed by atoms with Crippen molar-refractivity contribution in [2.45, 2.75) is 31.7 Å². The monoisotopic (exact) mass is 313 g/mol. The molecule has 0 saturated heterocycles. The number of alkyl halides is 1. The van der Waals surface area contributed by atoms with Crippen molar-refractivity contribution in [1.82, 2.24) is 5.32 Å². The number of benzene rings is 1. The molecule has 0 aliphatic carbocycles. The highest BCUT2D eigenvalue weighted by Crippen LogP contribution is 2.10. The maximum absolute atomic E-state index is 11.8. The lowest BCUT2D eigenvalue weighted by Crippen LogP contribution is -2.38. The van der Waals surface area contributed by atoms with E-state index >= 15 is 0 Å². The summed E-state index contributed by atoms with van der Waals surface area (Å²) in [5, 5.41) is 1.53. The van der Waals surface area contributed by atoms with Gasteiger partial charge in [0.25, 0.3) is 0 Å². The van der Waals surface area contributed by atoms with Gasteiger partial charge in [0.1, 0.15) is 23.3 Å². The number of ether oxygens (including phenoxy) is 2. The summed E-state index contributed by atoms with van der Waals surface area (Å²) >= 11 is 5.93. The Hall–Kier alpha value is -1.75. The van der Waals surface area contributed by atoms with E-state index in [1.165, 1.54) is 0 Å². The lowest BCUT2D eigenvalue weighted by atomic mass is 10.2. The van der Waals surface area contributed by atoms with Gasteiger partial charge in [-0.05, 0) is 32.9 Å². The highest BCUT2D eigenvalue weighted by atomic mass is 35.5. The number of amides is 1. The van der Waals surface area contributed by atoms with Crippen LogP contribution in [0.1, 0.15) is 20.8 Å². The van der Waals surface area contributed by atoms with Crippen LogP contribution >= 0.6 is 11.6 Å². The van der Waals surface area contributed by atoms with Crippen molar-refractivity contribution in [3.63, 3.8) is 0 Å². The van der Waals surface area contributed by atoms with Crippen LogP contribution in [0.5, 0.6) is 5.75 Å². The Kier molecular flexibility index (Phi) is 6.49. The molecular weight excluding hydrogens is 294 g/mol. The second kappa shape index (κ2) is 7.88. The van der Waals surface area contributed by atoms with Crippen LogP contribution in [0.4, 0.5) is 4.79 Å². The first-order valence-electron chi connectivity index (χ1n) is 6.59. The fourth-order valence-electron chi connectivity index (χ4n) is 1.36. The minimum absolute atomic E-state index is 0.0421. The smallest absolute Gasteiger partial charge is 0.408 e. The Morgan fingerprint density at radius 1 is 1.24 bits per heavy atom. The first-order chi connectivity index (χ1) is 9.78. The fraction of sp³-hybridized carbons (Fsp3) is 0.467. The summed E-state index contributed by atoms with van der Waals surface area (Å²) in [7, 11) is 0. The van der Waals surface area contributed by atoms with Crippen molar-refractivity contribution >= 4 is 23.5 Å². The minimum Gasteiger partial charge on any atom is -0.492 e. The molecule has 0 radical (unpaired) electrons. The standard InChI is InChI=1S/C15H20ClNO4/c1-15(2,3)21-14(19)17-9-13(18)12(16)10-20-11-7-5-4-6-8-11/h4-8,12H,9-10H2,1-3H3,(H,17,19). The Bertz CT molecular complexity index is 470. The summed E-state index contributed by atoms with van der Waals surface area (Å²) in [4.78, 5) is 23.2. The van der Waals surface area contributed by atoms with Crippen LogP contribution in [0.15, 0.2) is 30.3 Å². The molecule has 1 atom stereocenters. The third kappa shape index (κ3) is 7.56. The Morgan fingerprint density at radius 2 is 1.86 bits per heavy atom. The van der Waals surface area contributed by atoms with Crippen LogP contribution in [0.25, 0.3) is 0 Å². The van der Waals surface area contributed by atoms with Crippen molar-refractivity contribution in [1.29, 1.82) is 0 Å². The number of nitrogens with one attached hydrogen (secondary N) is 1. The predicted octanol–water partition coefficient (Wildman–Crippen LogP) is 2.77. The maximum atomic E-state index is 11.8. The van der Waals surface area contributed by atoms with Crippen LogP contribution in [0.2, 0.25) is 0 Å². The first-order valence-corrected chi connectivity index (χ1v) is 7.03. The molecule has 0 fully saturated rings. The van der Waals surface area contributed by atoms with Gasteiger partial charge in [-0.3, -0.25) is 4.79 Å². The summed E-state index contributed by atoms with van der Waals surface area (Å²) in [5.41, 5.74) is -0.607. The van der Waals surface area contributed by atoms with E-state index in [1.54, 1.807) is 32.9 Å². The average Bonchev–Trinajstić information content (AvgIpc) is 2.41. The number of ketones is 1. The van der Waals surface area contributed by atoms with E-state index in [-0.39, 0.29) is 18.9 Å². The zero-order valence-corrected chi connectivity index (χ0v) is 13.1. The average molecular weight is 314 g/mol. The van der Waals surface area contributed by atoms with Crippen molar-refractivity contribution in [3.8, 4) is 5.75 Å². The Morgan fingerprint density at radius 3 is 2.43 bits per heavy atom. The van der Waals surface area contributed by atoms with Gasteiger partial charge in [-0.1, -0.05) is 18.2 Å². The second-order valence-corrected chi connectivity index (χ2v) is 5.94. The van der Waals surface area contributed by atoms with E-state index in [9.17, 15) is 9.59 Å². The van der Waals surface area contributed by atoms with Crippen molar-refractivity contribution in [2.24, 2.45) is 0 Å². The van der Waals surface area contributed by atoms with Gasteiger partial charge in [-0.25, -0.2) is 4.79 Å². The predicted molar refractivity (Wildman–Crippen MR) is 80.8 cm³/mol. The lowest BCUT2D eigenvalue weighted by Gasteiger charge is -2.19. The molecule has 1 N–H and O–H groups in total. The van der Waals surface area contributed by atoms with E-state index in [2.05, 4.69) is 5.32 Å². The van der Waals surface area contributed by atoms with Gasteiger partial charge in [-0.2, -0.15) is 0 Å². The van der Waals surface area contributed by atoms with Crippen LogP contribution in [0.3, 0.4) is 0 Å². The minimum atomic E-state index is -0.833. The number of halogens is 1. The number of Topliss-reactive ketones (excluding diaryl/α,β-unsaturated/α-hetero) is 1. The highest BCUT2D eigenvalue weighted by Gasteiger charge is 2.20. The zero-order valence-electron chi connectivity index (χ0n) is 12.4. The lowest BCUT2D eigenvalue weighted by molar-refractivity contribution is -0.118. The molecule has 1 rings (SSSR count). The van der Waals surface area contributed by atoms with Gasteiger partial charge in [0.15, 0.2) is 5.78 Å². The summed E-state index contributed by atoms with van der Waals surface area (Å²) in [5.74, 6) is 0.300. The number of alkyl carbamates (subject to hydrolysis) is 1. The molecule has 0 heterocycles. The van der Waals surface area contributed by atoms with E-state index in [0.717, 1.165) is 0 Å². The molecule has 21 heavy (non-hydrogen) atoms. The molecule has 0 bridgehead atoms. The SMILES string of the molecule is CC(C)(C)OC(=O)NCC(=O)C(Cl)COc1ccccc1. The molecule has 1 unspecified atom stereocenters. The van der Waals surface area contributed by atoms with Gasteiger partial charge in [-0.15, -0.1) is 11.6 Å². The first kappa shape index (κ1) is 17.3. The normalized spacial score (nSPS) is 12.4. The maximum Gasteiger partial charge on any atom is 0.408 e. The van der Waals surface area contributed by atoms with E-state index in [4.69, 9.17) is 21.1 Å². The van der Waals surface area contributed by atoms with Crippen LogP contribution in [-0.4, -0.2) is 36.0 Å². The van der Waals surface area contributed by atoms with Crippen LogP contribution < -0.4 is 10.1 Å². The summed E-state index contributed by atoms with van der Waals surface area (Å²) in [6, 6.07) is 9.05. The molecule has 5 nitrogen and oxygen atoms in total. The summed E-state index contributed by atoms with van der Waals surface area (Å²) < 4.78 is 10.4. The van der Waals surface area contributed by atoms with E-state index < -0.39 is 17.1 Å². The summed E-state index contributed by atoms with van der Waals surface area (Å²) in [6.45, 7) is 5.08. The van der Waals surface area contributed by atoms with Crippen molar-refractivity contribution in [3.05, 3.63) is 30.3 Å². The molecule has 0 aromatic heterocycles. The summed E-state index contributed by atoms with van der Waals surface area (Å²) in [6.07, 6.45) is -0.649. The molecule has 1 amide bonds. The Balaban J connectivity index is 2.30. The molecule has 6 heteroatoms. The van der Waals surface area contributed by atoms with Crippen LogP contribution in [-0.2, 0) is 9.53 Å². The number of hydrogen-bond donors (Lipinski definition) is 1. The number of carbonyl (C=O) groups excluding carboxylic acids is 2. The highest BCUT2D eigenvalue weighted by molar-refractivity contribution is 6.31. The molecule has 0 aliphatic heterocycles. The molecule has 1 aromatic rings.